The maximum absolute atomic E-state index is 14.1. The number of piperazine rings is 2. The van der Waals surface area contributed by atoms with Crippen molar-refractivity contribution in [3.8, 4) is 6.26 Å². The molecular weight excluding hydrogens is 943 g/mol. The van der Waals surface area contributed by atoms with Crippen LogP contribution >= 0.6 is 77.8 Å². The Morgan fingerprint density at radius 3 is 1.31 bits per heavy atom. The van der Waals surface area contributed by atoms with Crippen LogP contribution in [0.2, 0.25) is 20.1 Å². The molecule has 0 N–H and O–H groups in total. The van der Waals surface area contributed by atoms with E-state index in [-0.39, 0.29) is 36.0 Å². The maximum atomic E-state index is 14.1. The van der Waals surface area contributed by atoms with Gasteiger partial charge in [0.2, 0.25) is 20.0 Å². The van der Waals surface area contributed by atoms with Crippen LogP contribution in [0.15, 0.2) is 102 Å². The molecular formula is C37H38Cl4N5O8PS4. The molecule has 0 atom stereocenters. The fourth-order valence-corrected chi connectivity index (χ4v) is 14.1. The first kappa shape index (κ1) is 46.4. The summed E-state index contributed by atoms with van der Waals surface area (Å²) in [6, 6.07) is 19.0. The molecule has 2 aliphatic heterocycles. The van der Waals surface area contributed by atoms with Gasteiger partial charge in [0.1, 0.15) is 0 Å². The smallest absolute Gasteiger partial charge is 0.328 e. The number of halogens is 4. The Morgan fingerprint density at radius 2 is 0.966 bits per heavy atom. The number of sulfonamides is 2. The highest BCUT2D eigenvalue weighted by Crippen LogP contribution is 2.51. The van der Waals surface area contributed by atoms with Crippen LogP contribution in [0.5, 0.6) is 0 Å². The number of nitrogens with zero attached hydrogens (tertiary/aromatic N) is 5. The number of likely N-dealkylation sites (N-methyl/N-ethyl adjacent to an activating group) is 2. The molecule has 2 heterocycles. The molecule has 0 radical (unpaired) electrons. The largest absolute Gasteiger partial charge is 0.540 e. The molecule has 0 unspecified atom stereocenters. The van der Waals surface area contributed by atoms with Gasteiger partial charge in [0.25, 0.3) is 6.26 Å². The summed E-state index contributed by atoms with van der Waals surface area (Å²) in [6.07, 6.45) is 1.36. The normalized spacial score (nSPS) is 16.6. The van der Waals surface area contributed by atoms with E-state index in [0.717, 1.165) is 23.5 Å². The van der Waals surface area contributed by atoms with Gasteiger partial charge in [0.15, 0.2) is 0 Å². The number of phosphoric ester groups is 1. The van der Waals surface area contributed by atoms with Gasteiger partial charge in [-0.3, -0.25) is 9.05 Å². The van der Waals surface area contributed by atoms with Gasteiger partial charge in [-0.25, -0.2) is 21.4 Å². The molecule has 2 fully saturated rings. The molecule has 13 nitrogen and oxygen atoms in total. The predicted molar refractivity (Wildman–Crippen MR) is 230 cm³/mol. The van der Waals surface area contributed by atoms with Gasteiger partial charge in [-0.2, -0.15) is 8.61 Å². The van der Waals surface area contributed by atoms with Gasteiger partial charge in [-0.15, -0.1) is 5.26 Å². The fraction of sp³-hybridized carbons (Fsp3) is 0.324. The lowest BCUT2D eigenvalue weighted by atomic mass is 10.2. The van der Waals surface area contributed by atoms with E-state index < -0.39 is 41.1 Å². The number of rotatable bonds is 15. The summed E-state index contributed by atoms with van der Waals surface area (Å²) < 4.78 is 89.1. The summed E-state index contributed by atoms with van der Waals surface area (Å²) in [7, 11) is -8.88. The van der Waals surface area contributed by atoms with Crippen molar-refractivity contribution in [3.05, 3.63) is 104 Å². The Kier molecular flexibility index (Phi) is 15.7. The summed E-state index contributed by atoms with van der Waals surface area (Å²) >= 11 is 27.3. The van der Waals surface area contributed by atoms with E-state index in [0.29, 0.717) is 77.0 Å². The van der Waals surface area contributed by atoms with E-state index in [2.05, 4.69) is 0 Å². The minimum absolute atomic E-state index is 0.0201. The molecule has 0 saturated carbocycles. The summed E-state index contributed by atoms with van der Waals surface area (Å²) in [6.45, 7) is 2.33. The van der Waals surface area contributed by atoms with E-state index in [1.54, 1.807) is 60.7 Å². The molecule has 2 aliphatic rings. The van der Waals surface area contributed by atoms with Crippen LogP contribution in [0.25, 0.3) is 0 Å². The first-order valence-corrected chi connectivity index (χ1v) is 25.3. The highest BCUT2D eigenvalue weighted by Gasteiger charge is 2.34. The molecule has 0 aromatic heterocycles. The van der Waals surface area contributed by atoms with Crippen molar-refractivity contribution in [1.82, 2.24) is 18.4 Å². The zero-order valence-corrected chi connectivity index (χ0v) is 38.8. The summed E-state index contributed by atoms with van der Waals surface area (Å²) in [5.74, 6) is 0. The van der Waals surface area contributed by atoms with Crippen molar-refractivity contribution in [2.24, 2.45) is 0 Å². The molecule has 22 heteroatoms. The van der Waals surface area contributed by atoms with Crippen LogP contribution in [0.1, 0.15) is 11.1 Å². The van der Waals surface area contributed by atoms with Crippen LogP contribution < -0.4 is 0 Å². The number of phosphoric acid groups is 1. The van der Waals surface area contributed by atoms with Crippen LogP contribution in [0.3, 0.4) is 0 Å². The Labute approximate surface area is 373 Å². The molecule has 4 aromatic rings. The number of hydrogen-bond acceptors (Lipinski definition) is 13. The third-order valence-electron chi connectivity index (χ3n) is 9.24. The van der Waals surface area contributed by atoms with Crippen molar-refractivity contribution in [1.29, 1.82) is 5.26 Å². The van der Waals surface area contributed by atoms with Crippen LogP contribution in [0.4, 0.5) is 0 Å². The zero-order valence-electron chi connectivity index (χ0n) is 31.6. The van der Waals surface area contributed by atoms with Crippen molar-refractivity contribution in [3.63, 3.8) is 0 Å². The number of hydrogen-bond donors (Lipinski definition) is 0. The van der Waals surface area contributed by atoms with E-state index in [1.165, 1.54) is 27.0 Å². The van der Waals surface area contributed by atoms with Crippen LogP contribution in [-0.2, 0) is 51.4 Å². The molecule has 0 bridgehead atoms. The van der Waals surface area contributed by atoms with E-state index >= 15 is 0 Å². The van der Waals surface area contributed by atoms with E-state index in [9.17, 15) is 26.7 Å². The molecule has 2 saturated heterocycles. The summed E-state index contributed by atoms with van der Waals surface area (Å²) in [5, 5.41) is 11.0. The van der Waals surface area contributed by atoms with Gasteiger partial charge in [0, 0.05) is 92.0 Å². The molecule has 0 amide bonds. The zero-order chi connectivity index (χ0) is 42.5. The minimum atomic E-state index is -4.64. The van der Waals surface area contributed by atoms with Crippen molar-refractivity contribution < 1.29 is 35.0 Å². The quantitative estimate of drug-likeness (QED) is 0.0826. The van der Waals surface area contributed by atoms with Crippen molar-refractivity contribution in [2.75, 3.05) is 66.5 Å². The Hall–Kier alpha value is -2.08. The van der Waals surface area contributed by atoms with Gasteiger partial charge in [-0.1, -0.05) is 82.1 Å². The molecule has 0 aliphatic carbocycles. The lowest BCUT2D eigenvalue weighted by molar-refractivity contribution is 0.134. The second-order valence-corrected chi connectivity index (χ2v) is 23.0. The Morgan fingerprint density at radius 1 is 0.610 bits per heavy atom. The van der Waals surface area contributed by atoms with Gasteiger partial charge in [0.05, 0.1) is 23.0 Å². The summed E-state index contributed by atoms with van der Waals surface area (Å²) in [5.41, 5.74) is 0.583. The van der Waals surface area contributed by atoms with Crippen molar-refractivity contribution >= 4 is 97.8 Å². The molecule has 4 aromatic carbocycles. The summed E-state index contributed by atoms with van der Waals surface area (Å²) in [4.78, 5) is 6.03. The first-order chi connectivity index (χ1) is 27.9. The third kappa shape index (κ3) is 12.1. The van der Waals surface area contributed by atoms with Gasteiger partial charge in [-0.05, 0) is 85.9 Å². The monoisotopic (exact) mass is 979 g/mol. The average molecular weight is 982 g/mol. The Balaban J connectivity index is 1.25. The van der Waals surface area contributed by atoms with Gasteiger partial charge < -0.3 is 14.3 Å². The first-order valence-electron chi connectivity index (χ1n) is 17.8. The average Bonchev–Trinajstić information content (AvgIpc) is 3.17. The molecule has 0 spiro atoms. The van der Waals surface area contributed by atoms with Crippen LogP contribution in [-0.4, -0.2) is 102 Å². The van der Waals surface area contributed by atoms with Crippen molar-refractivity contribution in [2.45, 2.75) is 42.6 Å². The minimum Gasteiger partial charge on any atom is -0.328 e. The highest BCUT2D eigenvalue weighted by atomic mass is 35.5. The number of nitriles is 1. The standard InChI is InChI=1S/C37H38Cl4N5O8PS4/c1-43-7-11-45(12-8-43)58(48,49)36-15-26(3-5-34(36)56-32-19-28(38)17-29(39)20-32)23-52-55(47,54-25-42)53-24-27-4-6-35(57-33-21-30(40)18-31(41)22-33)37(16-27)59(50,51)46-13-9-44(2)10-14-46/h3-6,15-22H,7-14,23-24H2,1-2H3. The SMILES string of the molecule is CN1CCN(S(=O)(=O)c2cc(COP(=O)(OC#N)OCc3ccc(Sc4cc(Cl)cc(Cl)c4)c(S(=O)(=O)N4CCN(C)CC4)c3)ccc2Sc2cc(Cl)cc(Cl)c2)CC1. The molecule has 59 heavy (non-hydrogen) atoms. The van der Waals surface area contributed by atoms with Gasteiger partial charge >= 0.3 is 7.82 Å². The third-order valence-corrected chi connectivity index (χ3v) is 17.5. The van der Waals surface area contributed by atoms with E-state index in [1.807, 2.05) is 23.9 Å². The highest BCUT2D eigenvalue weighted by molar-refractivity contribution is 8.00. The topological polar surface area (TPSA) is 150 Å². The Bertz CT molecular complexity index is 2300. The van der Waals surface area contributed by atoms with Crippen LogP contribution in [0, 0.1) is 11.5 Å². The molecule has 6 rings (SSSR count). The number of benzene rings is 4. The molecule has 316 valence electrons. The lowest BCUT2D eigenvalue weighted by Gasteiger charge is -2.32. The maximum Gasteiger partial charge on any atom is 0.540 e. The lowest BCUT2D eigenvalue weighted by Crippen LogP contribution is -2.47. The second kappa shape index (κ2) is 20.0. The van der Waals surface area contributed by atoms with E-state index in [4.69, 9.17) is 60.0 Å². The fourth-order valence-electron chi connectivity index (χ4n) is 6.07. The predicted octanol–water partition coefficient (Wildman–Crippen LogP) is 8.81. The second-order valence-electron chi connectivity index (χ2n) is 13.6.